The number of halogens is 1. The van der Waals surface area contributed by atoms with Gasteiger partial charge in [-0.3, -0.25) is 10.1 Å². The zero-order chi connectivity index (χ0) is 13.7. The van der Waals surface area contributed by atoms with Gasteiger partial charge < -0.3 is 10.1 Å². The Hall–Kier alpha value is -1.84. The molecule has 0 aliphatic carbocycles. The zero-order valence-electron chi connectivity index (χ0n) is 10.9. The van der Waals surface area contributed by atoms with E-state index in [9.17, 15) is 10.1 Å². The largest absolute Gasteiger partial charge is 0.492 e. The van der Waals surface area contributed by atoms with Crippen LogP contribution in [0, 0.1) is 27.4 Å². The van der Waals surface area contributed by atoms with E-state index in [1.807, 2.05) is 6.07 Å². The van der Waals surface area contributed by atoms with Gasteiger partial charge >= 0.3 is 0 Å². The van der Waals surface area contributed by atoms with Crippen molar-refractivity contribution in [2.75, 3.05) is 19.7 Å². The molecule has 2 rings (SSSR count). The molecule has 0 amide bonds. The summed E-state index contributed by atoms with van der Waals surface area (Å²) >= 11 is 0. The Balaban J connectivity index is 0.00000200. The van der Waals surface area contributed by atoms with Crippen LogP contribution in [0.15, 0.2) is 18.2 Å². The molecule has 1 aromatic carbocycles. The van der Waals surface area contributed by atoms with Gasteiger partial charge in [0, 0.05) is 18.5 Å². The molecule has 7 heteroatoms. The van der Waals surface area contributed by atoms with Crippen molar-refractivity contribution < 1.29 is 9.66 Å². The van der Waals surface area contributed by atoms with Crippen LogP contribution in [0.2, 0.25) is 0 Å². The van der Waals surface area contributed by atoms with Gasteiger partial charge in [-0.1, -0.05) is 6.07 Å². The number of hydrogen-bond acceptors (Lipinski definition) is 5. The van der Waals surface area contributed by atoms with Crippen molar-refractivity contribution in [1.82, 2.24) is 5.32 Å². The normalized spacial score (nSPS) is 17.6. The number of rotatable bonds is 4. The van der Waals surface area contributed by atoms with E-state index in [0.29, 0.717) is 18.3 Å². The molecule has 1 aliphatic heterocycles. The molecule has 0 aromatic heterocycles. The molecule has 0 spiro atoms. The first-order chi connectivity index (χ1) is 9.22. The fourth-order valence-electron chi connectivity index (χ4n) is 2.18. The number of benzene rings is 1. The maximum absolute atomic E-state index is 10.8. The van der Waals surface area contributed by atoms with Gasteiger partial charge in [0.05, 0.1) is 11.5 Å². The first-order valence-electron chi connectivity index (χ1n) is 6.23. The lowest BCUT2D eigenvalue weighted by molar-refractivity contribution is -0.385. The summed E-state index contributed by atoms with van der Waals surface area (Å²) in [5.74, 6) is 0.682. The highest BCUT2D eigenvalue weighted by molar-refractivity contribution is 5.85. The van der Waals surface area contributed by atoms with Gasteiger partial charge in [-0.2, -0.15) is 5.26 Å². The number of nitriles is 1. The molecule has 1 fully saturated rings. The second-order valence-electron chi connectivity index (χ2n) is 4.54. The van der Waals surface area contributed by atoms with Gasteiger partial charge in [0.1, 0.15) is 11.8 Å². The SMILES string of the molecule is Cl.N#Cc1c(OCC2CCCNC2)cccc1[N+](=O)[O-]. The number of nitro groups is 1. The number of hydrogen-bond donors (Lipinski definition) is 1. The molecule has 1 N–H and O–H groups in total. The second-order valence-corrected chi connectivity index (χ2v) is 4.54. The fourth-order valence-corrected chi connectivity index (χ4v) is 2.18. The van der Waals surface area contributed by atoms with E-state index >= 15 is 0 Å². The number of nitrogens with zero attached hydrogens (tertiary/aromatic N) is 2. The van der Waals surface area contributed by atoms with Crippen LogP contribution in [0.5, 0.6) is 5.75 Å². The molecule has 1 aliphatic rings. The Morgan fingerprint density at radius 1 is 1.55 bits per heavy atom. The van der Waals surface area contributed by atoms with E-state index in [2.05, 4.69) is 5.32 Å². The van der Waals surface area contributed by atoms with Crippen molar-refractivity contribution in [2.45, 2.75) is 12.8 Å². The third-order valence-corrected chi connectivity index (χ3v) is 3.19. The Labute approximate surface area is 123 Å². The Morgan fingerprint density at radius 3 is 2.95 bits per heavy atom. The van der Waals surface area contributed by atoms with Crippen LogP contribution >= 0.6 is 12.4 Å². The molecule has 1 saturated heterocycles. The summed E-state index contributed by atoms with van der Waals surface area (Å²) in [5, 5.41) is 23.1. The maximum Gasteiger partial charge on any atom is 0.290 e. The summed E-state index contributed by atoms with van der Waals surface area (Å²) in [4.78, 5) is 10.3. The molecular weight excluding hydrogens is 282 g/mol. The minimum atomic E-state index is -0.562. The van der Waals surface area contributed by atoms with E-state index in [0.717, 1.165) is 25.9 Å². The summed E-state index contributed by atoms with van der Waals surface area (Å²) in [5.41, 5.74) is -0.210. The Bertz CT molecular complexity index is 510. The van der Waals surface area contributed by atoms with Crippen LogP contribution in [-0.2, 0) is 0 Å². The van der Waals surface area contributed by atoms with E-state index in [1.54, 1.807) is 6.07 Å². The summed E-state index contributed by atoms with van der Waals surface area (Å²) in [6.07, 6.45) is 2.18. The zero-order valence-corrected chi connectivity index (χ0v) is 11.7. The number of nitrogens with one attached hydrogen (secondary N) is 1. The standard InChI is InChI=1S/C13H15N3O3.ClH/c14-7-11-12(16(17)18)4-1-5-13(11)19-9-10-3-2-6-15-8-10;/h1,4-5,10,15H,2-3,6,8-9H2;1H. The van der Waals surface area contributed by atoms with Crippen molar-refractivity contribution in [3.63, 3.8) is 0 Å². The molecule has 20 heavy (non-hydrogen) atoms. The van der Waals surface area contributed by atoms with Crippen LogP contribution in [0.1, 0.15) is 18.4 Å². The predicted octanol–water partition coefficient (Wildman–Crippen LogP) is 2.27. The molecule has 1 unspecified atom stereocenters. The van der Waals surface area contributed by atoms with Gasteiger partial charge in [0.25, 0.3) is 5.69 Å². The third-order valence-electron chi connectivity index (χ3n) is 3.19. The summed E-state index contributed by atoms with van der Waals surface area (Å²) in [6, 6.07) is 6.30. The van der Waals surface area contributed by atoms with Crippen LogP contribution < -0.4 is 10.1 Å². The number of piperidine rings is 1. The first kappa shape index (κ1) is 16.2. The first-order valence-corrected chi connectivity index (χ1v) is 6.23. The highest BCUT2D eigenvalue weighted by Gasteiger charge is 2.20. The average Bonchev–Trinajstić information content (AvgIpc) is 2.45. The second kappa shape index (κ2) is 7.68. The molecule has 1 heterocycles. The smallest absolute Gasteiger partial charge is 0.290 e. The van der Waals surface area contributed by atoms with E-state index in [4.69, 9.17) is 10.00 Å². The molecule has 0 saturated carbocycles. The molecule has 1 atom stereocenters. The average molecular weight is 298 g/mol. The van der Waals surface area contributed by atoms with Gasteiger partial charge in [0.2, 0.25) is 0 Å². The minimum Gasteiger partial charge on any atom is -0.492 e. The van der Waals surface area contributed by atoms with Crippen molar-refractivity contribution in [3.05, 3.63) is 33.9 Å². The number of ether oxygens (including phenoxy) is 1. The van der Waals surface area contributed by atoms with Gasteiger partial charge in [-0.05, 0) is 25.5 Å². The Kier molecular flexibility index (Phi) is 6.22. The van der Waals surface area contributed by atoms with E-state index in [-0.39, 0.29) is 23.7 Å². The summed E-state index contributed by atoms with van der Waals surface area (Å²) < 4.78 is 5.59. The van der Waals surface area contributed by atoms with Gasteiger partial charge in [-0.25, -0.2) is 0 Å². The monoisotopic (exact) mass is 297 g/mol. The van der Waals surface area contributed by atoms with E-state index in [1.165, 1.54) is 12.1 Å². The van der Waals surface area contributed by atoms with Gasteiger partial charge in [0.15, 0.2) is 5.56 Å². The molecular formula is C13H16ClN3O3. The van der Waals surface area contributed by atoms with Crippen molar-refractivity contribution in [2.24, 2.45) is 5.92 Å². The number of nitro benzene ring substituents is 1. The highest BCUT2D eigenvalue weighted by atomic mass is 35.5. The van der Waals surface area contributed by atoms with Crippen LogP contribution in [0.4, 0.5) is 5.69 Å². The third kappa shape index (κ3) is 3.83. The van der Waals surface area contributed by atoms with Gasteiger partial charge in [-0.15, -0.1) is 12.4 Å². The summed E-state index contributed by atoms with van der Waals surface area (Å²) in [7, 11) is 0. The van der Waals surface area contributed by atoms with Crippen molar-refractivity contribution >= 4 is 18.1 Å². The predicted molar refractivity (Wildman–Crippen MR) is 76.1 cm³/mol. The molecule has 108 valence electrons. The van der Waals surface area contributed by atoms with Crippen LogP contribution in [-0.4, -0.2) is 24.6 Å². The van der Waals surface area contributed by atoms with E-state index < -0.39 is 4.92 Å². The lowest BCUT2D eigenvalue weighted by atomic mass is 10.0. The molecule has 1 aromatic rings. The van der Waals surface area contributed by atoms with Crippen LogP contribution in [0.3, 0.4) is 0 Å². The fraction of sp³-hybridized carbons (Fsp3) is 0.462. The lowest BCUT2D eigenvalue weighted by Gasteiger charge is -2.22. The summed E-state index contributed by atoms with van der Waals surface area (Å²) in [6.45, 7) is 2.39. The molecule has 6 nitrogen and oxygen atoms in total. The molecule has 0 radical (unpaired) electrons. The van der Waals surface area contributed by atoms with Crippen molar-refractivity contribution in [1.29, 1.82) is 5.26 Å². The maximum atomic E-state index is 10.8. The minimum absolute atomic E-state index is 0. The van der Waals surface area contributed by atoms with Crippen LogP contribution in [0.25, 0.3) is 0 Å². The quantitative estimate of drug-likeness (QED) is 0.680. The highest BCUT2D eigenvalue weighted by Crippen LogP contribution is 2.28. The topological polar surface area (TPSA) is 88.2 Å². The molecule has 0 bridgehead atoms. The van der Waals surface area contributed by atoms with Crippen molar-refractivity contribution in [3.8, 4) is 11.8 Å². The Morgan fingerprint density at radius 2 is 2.35 bits per heavy atom. The lowest BCUT2D eigenvalue weighted by Crippen LogP contribution is -2.33.